The first-order valence-corrected chi connectivity index (χ1v) is 6.68. The molecule has 1 N–H and O–H groups in total. The van der Waals surface area contributed by atoms with Crippen LogP contribution in [0, 0.1) is 5.41 Å². The first-order chi connectivity index (χ1) is 9.62. The van der Waals surface area contributed by atoms with E-state index in [4.69, 9.17) is 14.9 Å². The number of ether oxygens (including phenoxy) is 2. The van der Waals surface area contributed by atoms with Crippen molar-refractivity contribution in [3.05, 3.63) is 17.7 Å². The summed E-state index contributed by atoms with van der Waals surface area (Å²) in [6, 6.07) is 3.59. The van der Waals surface area contributed by atoms with Crippen molar-refractivity contribution in [1.29, 1.82) is 5.41 Å². The highest BCUT2D eigenvalue weighted by Crippen LogP contribution is 2.34. The molecule has 0 amide bonds. The molecule has 0 aliphatic heterocycles. The minimum Gasteiger partial charge on any atom is -0.493 e. The van der Waals surface area contributed by atoms with Crippen LogP contribution in [0.4, 0.5) is 5.69 Å². The van der Waals surface area contributed by atoms with Crippen molar-refractivity contribution in [2.45, 2.75) is 19.8 Å². The lowest BCUT2D eigenvalue weighted by molar-refractivity contribution is 0.288. The molecule has 20 heavy (non-hydrogen) atoms. The molecule has 0 aliphatic rings. The zero-order valence-electron chi connectivity index (χ0n) is 12.6. The summed E-state index contributed by atoms with van der Waals surface area (Å²) in [7, 11) is 5.39. The van der Waals surface area contributed by atoms with Crippen LogP contribution in [0.2, 0.25) is 0 Å². The molecular weight excluding hydrogens is 254 g/mol. The normalized spacial score (nSPS) is 10.6. The van der Waals surface area contributed by atoms with Crippen molar-refractivity contribution in [3.8, 4) is 11.5 Å². The third-order valence-corrected chi connectivity index (χ3v) is 2.65. The van der Waals surface area contributed by atoms with Gasteiger partial charge >= 0.3 is 0 Å². The van der Waals surface area contributed by atoms with E-state index in [1.54, 1.807) is 25.6 Å². The number of benzene rings is 1. The molecule has 0 bridgehead atoms. The van der Waals surface area contributed by atoms with Crippen molar-refractivity contribution in [2.24, 2.45) is 4.99 Å². The maximum Gasteiger partial charge on any atom is 0.162 e. The third-order valence-electron chi connectivity index (χ3n) is 2.65. The zero-order chi connectivity index (χ0) is 15.0. The second-order valence-corrected chi connectivity index (χ2v) is 4.62. The molecular formula is C15H23N3O2. The maximum absolute atomic E-state index is 7.50. The Kier molecular flexibility index (Phi) is 6.56. The molecule has 1 rings (SSSR count). The van der Waals surface area contributed by atoms with E-state index in [1.165, 1.54) is 6.21 Å². The molecule has 0 aliphatic carbocycles. The quantitative estimate of drug-likeness (QED) is 0.451. The Hall–Kier alpha value is -2.04. The summed E-state index contributed by atoms with van der Waals surface area (Å²) in [5.41, 5.74) is 1.39. The van der Waals surface area contributed by atoms with E-state index in [0.717, 1.165) is 12.8 Å². The van der Waals surface area contributed by atoms with E-state index >= 15 is 0 Å². The molecule has 5 nitrogen and oxygen atoms in total. The second-order valence-electron chi connectivity index (χ2n) is 4.62. The van der Waals surface area contributed by atoms with Crippen LogP contribution in [0.3, 0.4) is 0 Å². The highest BCUT2D eigenvalue weighted by atomic mass is 16.5. The number of unbranched alkanes of at least 4 members (excludes halogenated alkanes) is 1. The Morgan fingerprint density at radius 2 is 2.05 bits per heavy atom. The molecule has 0 unspecified atom stereocenters. The molecule has 0 saturated heterocycles. The largest absolute Gasteiger partial charge is 0.493 e. The molecule has 1 aromatic carbocycles. The second kappa shape index (κ2) is 8.19. The molecule has 1 aromatic rings. The minimum absolute atomic E-state index is 0.637. The summed E-state index contributed by atoms with van der Waals surface area (Å²) in [5.74, 6) is 1.29. The first-order valence-electron chi connectivity index (χ1n) is 6.68. The van der Waals surface area contributed by atoms with E-state index in [0.29, 0.717) is 29.4 Å². The monoisotopic (exact) mass is 277 g/mol. The van der Waals surface area contributed by atoms with Gasteiger partial charge in [0.15, 0.2) is 11.5 Å². The Bertz CT molecular complexity index is 470. The van der Waals surface area contributed by atoms with Crippen LogP contribution < -0.4 is 9.47 Å². The Morgan fingerprint density at radius 3 is 2.60 bits per heavy atom. The highest BCUT2D eigenvalue weighted by molar-refractivity contribution is 5.87. The molecule has 0 aromatic heterocycles. The summed E-state index contributed by atoms with van der Waals surface area (Å²) in [4.78, 5) is 6.18. The van der Waals surface area contributed by atoms with Crippen molar-refractivity contribution < 1.29 is 9.47 Å². The SMILES string of the molecule is CCCCOc1cc(C=N)c(N=CN(C)C)cc1OC. The van der Waals surface area contributed by atoms with E-state index in [2.05, 4.69) is 11.9 Å². The van der Waals surface area contributed by atoms with Gasteiger partial charge in [-0.3, -0.25) is 0 Å². The van der Waals surface area contributed by atoms with Crippen molar-refractivity contribution in [1.82, 2.24) is 4.90 Å². The average molecular weight is 277 g/mol. The Balaban J connectivity index is 3.06. The van der Waals surface area contributed by atoms with Crippen LogP contribution in [0.15, 0.2) is 17.1 Å². The molecule has 0 radical (unpaired) electrons. The molecule has 0 atom stereocenters. The van der Waals surface area contributed by atoms with Crippen molar-refractivity contribution in [3.63, 3.8) is 0 Å². The predicted octanol–water partition coefficient (Wildman–Crippen LogP) is 3.09. The highest BCUT2D eigenvalue weighted by Gasteiger charge is 2.10. The molecule has 0 fully saturated rings. The van der Waals surface area contributed by atoms with Gasteiger partial charge in [-0.1, -0.05) is 13.3 Å². The minimum atomic E-state index is 0.637. The summed E-state index contributed by atoms with van der Waals surface area (Å²) >= 11 is 0. The van der Waals surface area contributed by atoms with Gasteiger partial charge in [-0.2, -0.15) is 0 Å². The standard InChI is InChI=1S/C15H23N3O2/c1-5-6-7-20-15-8-12(10-16)13(9-14(15)19-4)17-11-18(2)3/h8-11,16H,5-7H2,1-4H3. The molecule has 0 heterocycles. The van der Waals surface area contributed by atoms with Crippen LogP contribution in [0.1, 0.15) is 25.3 Å². The van der Waals surface area contributed by atoms with Gasteiger partial charge < -0.3 is 19.8 Å². The smallest absolute Gasteiger partial charge is 0.162 e. The summed E-state index contributed by atoms with van der Waals surface area (Å²) in [6.07, 6.45) is 5.03. The van der Waals surface area contributed by atoms with Crippen molar-refractivity contribution in [2.75, 3.05) is 27.8 Å². The van der Waals surface area contributed by atoms with Crippen LogP contribution in [0.5, 0.6) is 11.5 Å². The third kappa shape index (κ3) is 4.57. The van der Waals surface area contributed by atoms with Crippen molar-refractivity contribution >= 4 is 18.2 Å². The number of rotatable bonds is 8. The van der Waals surface area contributed by atoms with E-state index < -0.39 is 0 Å². The van der Waals surface area contributed by atoms with Gasteiger partial charge in [-0.05, 0) is 12.5 Å². The zero-order valence-corrected chi connectivity index (χ0v) is 12.6. The molecule has 5 heteroatoms. The van der Waals surface area contributed by atoms with E-state index in [-0.39, 0.29) is 0 Å². The van der Waals surface area contributed by atoms with Gasteiger partial charge in [0.2, 0.25) is 0 Å². The topological polar surface area (TPSA) is 57.9 Å². The number of nitrogens with one attached hydrogen (secondary N) is 1. The lowest BCUT2D eigenvalue weighted by Gasteiger charge is -2.13. The predicted molar refractivity (Wildman–Crippen MR) is 83.1 cm³/mol. The Labute approximate surface area is 120 Å². The fourth-order valence-electron chi connectivity index (χ4n) is 1.57. The first kappa shape index (κ1) is 16.0. The fourth-order valence-corrected chi connectivity index (χ4v) is 1.57. The van der Waals surface area contributed by atoms with Gasteiger partial charge in [0, 0.05) is 31.9 Å². The lowest BCUT2D eigenvalue weighted by Crippen LogP contribution is -2.07. The molecule has 0 saturated carbocycles. The molecule has 0 spiro atoms. The van der Waals surface area contributed by atoms with E-state index in [9.17, 15) is 0 Å². The Morgan fingerprint density at radius 1 is 1.30 bits per heavy atom. The van der Waals surface area contributed by atoms with Gasteiger partial charge in [0.1, 0.15) is 0 Å². The maximum atomic E-state index is 7.50. The van der Waals surface area contributed by atoms with Crippen LogP contribution in [-0.4, -0.2) is 45.3 Å². The lowest BCUT2D eigenvalue weighted by atomic mass is 10.1. The van der Waals surface area contributed by atoms with Gasteiger partial charge in [0.05, 0.1) is 25.7 Å². The van der Waals surface area contributed by atoms with Gasteiger partial charge in [0.25, 0.3) is 0 Å². The van der Waals surface area contributed by atoms with Crippen LogP contribution >= 0.6 is 0 Å². The van der Waals surface area contributed by atoms with E-state index in [1.807, 2.05) is 19.0 Å². The average Bonchev–Trinajstić information content (AvgIpc) is 2.45. The summed E-state index contributed by atoms with van der Waals surface area (Å²) < 4.78 is 11.0. The van der Waals surface area contributed by atoms with Crippen LogP contribution in [0.25, 0.3) is 0 Å². The van der Waals surface area contributed by atoms with Gasteiger partial charge in [-0.25, -0.2) is 4.99 Å². The van der Waals surface area contributed by atoms with Gasteiger partial charge in [-0.15, -0.1) is 0 Å². The molecule has 110 valence electrons. The fraction of sp³-hybridized carbons (Fsp3) is 0.467. The number of nitrogens with zero attached hydrogens (tertiary/aromatic N) is 2. The number of hydrogen-bond acceptors (Lipinski definition) is 4. The summed E-state index contributed by atoms with van der Waals surface area (Å²) in [5, 5.41) is 7.50. The van der Waals surface area contributed by atoms with Crippen LogP contribution in [-0.2, 0) is 0 Å². The number of methoxy groups -OCH3 is 1. The summed E-state index contributed by atoms with van der Waals surface area (Å²) in [6.45, 7) is 2.76. The number of aliphatic imine (C=N–C) groups is 1. The number of hydrogen-bond donors (Lipinski definition) is 1.